The molecule has 0 aliphatic carbocycles. The molecule has 2 aromatic rings. The molecule has 0 unspecified atom stereocenters. The zero-order valence-electron chi connectivity index (χ0n) is 10.8. The number of carbonyl (C=O) groups excluding carboxylic acids is 1. The van der Waals surface area contributed by atoms with Gasteiger partial charge < -0.3 is 9.84 Å². The molecule has 8 heteroatoms. The van der Waals surface area contributed by atoms with Gasteiger partial charge in [0, 0.05) is 19.7 Å². The highest BCUT2D eigenvalue weighted by atomic mass is 35.5. The van der Waals surface area contributed by atoms with Gasteiger partial charge in [-0.25, -0.2) is 0 Å². The molecule has 0 saturated carbocycles. The van der Waals surface area contributed by atoms with Crippen molar-refractivity contribution >= 4 is 17.5 Å². The summed E-state index contributed by atoms with van der Waals surface area (Å²) in [5.41, 5.74) is 0.172. The minimum atomic E-state index is -0.404. The van der Waals surface area contributed by atoms with Crippen molar-refractivity contribution in [1.82, 2.24) is 25.2 Å². The van der Waals surface area contributed by atoms with E-state index in [0.717, 1.165) is 0 Å². The third kappa shape index (κ3) is 2.93. The number of nitrogens with one attached hydrogen (secondary N) is 1. The Morgan fingerprint density at radius 1 is 1.63 bits per heavy atom. The lowest BCUT2D eigenvalue weighted by atomic mass is 10.3. The molecule has 0 aliphatic rings. The average Bonchev–Trinajstić information content (AvgIpc) is 2.95. The highest BCUT2D eigenvalue weighted by Crippen LogP contribution is 2.15. The fourth-order valence-corrected chi connectivity index (χ4v) is 1.79. The van der Waals surface area contributed by atoms with E-state index >= 15 is 0 Å². The third-order valence-electron chi connectivity index (χ3n) is 2.52. The average molecular weight is 284 g/mol. The molecule has 2 rings (SSSR count). The first kappa shape index (κ1) is 13.5. The van der Waals surface area contributed by atoms with Crippen molar-refractivity contribution in [2.24, 2.45) is 7.05 Å². The molecule has 0 aromatic carbocycles. The first-order chi connectivity index (χ1) is 9.01. The lowest BCUT2D eigenvalue weighted by Gasteiger charge is -2.08. The highest BCUT2D eigenvalue weighted by Gasteiger charge is 2.20. The van der Waals surface area contributed by atoms with Crippen LogP contribution in [0.25, 0.3) is 0 Å². The number of nitrogens with zero attached hydrogens (tertiary/aromatic N) is 4. The molecular weight excluding hydrogens is 270 g/mol. The van der Waals surface area contributed by atoms with E-state index in [0.29, 0.717) is 23.2 Å². The number of aromatic nitrogens is 4. The smallest absolute Gasteiger partial charge is 0.273 e. The van der Waals surface area contributed by atoms with E-state index < -0.39 is 6.04 Å². The van der Waals surface area contributed by atoms with Crippen LogP contribution in [0.2, 0.25) is 5.02 Å². The SMILES string of the molecule is CCc1noc([C@H](C)NC(=O)c2nn(C)cc2Cl)n1. The summed E-state index contributed by atoms with van der Waals surface area (Å²) < 4.78 is 6.53. The van der Waals surface area contributed by atoms with Gasteiger partial charge in [0.25, 0.3) is 5.91 Å². The molecule has 0 spiro atoms. The molecule has 102 valence electrons. The van der Waals surface area contributed by atoms with Gasteiger partial charge in [0.1, 0.15) is 6.04 Å². The number of amides is 1. The van der Waals surface area contributed by atoms with E-state index in [4.69, 9.17) is 16.1 Å². The van der Waals surface area contributed by atoms with Gasteiger partial charge in [-0.15, -0.1) is 0 Å². The van der Waals surface area contributed by atoms with Crippen LogP contribution in [-0.2, 0) is 13.5 Å². The van der Waals surface area contributed by atoms with Crippen molar-refractivity contribution < 1.29 is 9.32 Å². The molecule has 0 saturated heterocycles. The fraction of sp³-hybridized carbons (Fsp3) is 0.455. The van der Waals surface area contributed by atoms with E-state index in [9.17, 15) is 4.79 Å². The third-order valence-corrected chi connectivity index (χ3v) is 2.79. The normalized spacial score (nSPS) is 12.4. The van der Waals surface area contributed by atoms with Crippen LogP contribution in [0.15, 0.2) is 10.7 Å². The number of halogens is 1. The minimum Gasteiger partial charge on any atom is -0.339 e. The van der Waals surface area contributed by atoms with Gasteiger partial charge in [0.05, 0.1) is 5.02 Å². The van der Waals surface area contributed by atoms with Gasteiger partial charge in [-0.1, -0.05) is 23.7 Å². The second-order valence-corrected chi connectivity index (χ2v) is 4.50. The van der Waals surface area contributed by atoms with Crippen molar-refractivity contribution in [1.29, 1.82) is 0 Å². The molecule has 0 aliphatic heterocycles. The van der Waals surface area contributed by atoms with Crippen molar-refractivity contribution in [2.75, 3.05) is 0 Å². The number of rotatable bonds is 4. The molecule has 1 N–H and O–H groups in total. The predicted octanol–water partition coefficient (Wildman–Crippen LogP) is 1.51. The molecule has 2 aromatic heterocycles. The van der Waals surface area contributed by atoms with Crippen LogP contribution >= 0.6 is 11.6 Å². The summed E-state index contributed by atoms with van der Waals surface area (Å²) >= 11 is 5.90. The summed E-state index contributed by atoms with van der Waals surface area (Å²) in [6.07, 6.45) is 2.24. The lowest BCUT2D eigenvalue weighted by molar-refractivity contribution is 0.0927. The molecule has 2 heterocycles. The van der Waals surface area contributed by atoms with Gasteiger partial charge in [0.15, 0.2) is 11.5 Å². The van der Waals surface area contributed by atoms with Crippen LogP contribution in [0, 0.1) is 0 Å². The van der Waals surface area contributed by atoms with Gasteiger partial charge in [-0.3, -0.25) is 9.48 Å². The summed E-state index contributed by atoms with van der Waals surface area (Å²) in [7, 11) is 1.69. The Hall–Kier alpha value is -1.89. The molecule has 19 heavy (non-hydrogen) atoms. The Morgan fingerprint density at radius 2 is 2.37 bits per heavy atom. The van der Waals surface area contributed by atoms with Gasteiger partial charge in [0.2, 0.25) is 5.89 Å². The van der Waals surface area contributed by atoms with Gasteiger partial charge in [-0.2, -0.15) is 10.1 Å². The van der Waals surface area contributed by atoms with Crippen molar-refractivity contribution in [3.05, 3.63) is 28.6 Å². The Labute approximate surface area is 114 Å². The van der Waals surface area contributed by atoms with E-state index in [1.807, 2.05) is 6.92 Å². The quantitative estimate of drug-likeness (QED) is 0.919. The monoisotopic (exact) mass is 283 g/mol. The highest BCUT2D eigenvalue weighted by molar-refractivity contribution is 6.33. The molecular formula is C11H14ClN5O2. The molecule has 0 fully saturated rings. The van der Waals surface area contributed by atoms with Crippen LogP contribution in [0.1, 0.15) is 42.1 Å². The van der Waals surface area contributed by atoms with Gasteiger partial charge in [-0.05, 0) is 6.92 Å². The van der Waals surface area contributed by atoms with Gasteiger partial charge >= 0.3 is 0 Å². The maximum atomic E-state index is 12.0. The maximum Gasteiger partial charge on any atom is 0.273 e. The van der Waals surface area contributed by atoms with E-state index in [-0.39, 0.29) is 11.6 Å². The van der Waals surface area contributed by atoms with E-state index in [1.54, 1.807) is 20.2 Å². The fourth-order valence-electron chi connectivity index (χ4n) is 1.53. The molecule has 1 atom stereocenters. The summed E-state index contributed by atoms with van der Waals surface area (Å²) in [5, 5.41) is 10.8. The first-order valence-electron chi connectivity index (χ1n) is 5.83. The molecule has 7 nitrogen and oxygen atoms in total. The summed E-state index contributed by atoms with van der Waals surface area (Å²) in [6.45, 7) is 3.67. The second-order valence-electron chi connectivity index (χ2n) is 4.10. The van der Waals surface area contributed by atoms with Crippen LogP contribution in [-0.4, -0.2) is 25.8 Å². The zero-order valence-corrected chi connectivity index (χ0v) is 11.6. The first-order valence-corrected chi connectivity index (χ1v) is 6.21. The number of aryl methyl sites for hydroxylation is 2. The van der Waals surface area contributed by atoms with Crippen LogP contribution in [0.5, 0.6) is 0 Å². The topological polar surface area (TPSA) is 85.8 Å². The Bertz CT molecular complexity index is 592. The molecule has 0 radical (unpaired) electrons. The van der Waals surface area contributed by atoms with Crippen LogP contribution in [0.4, 0.5) is 0 Å². The Kier molecular flexibility index (Phi) is 3.84. The zero-order chi connectivity index (χ0) is 14.0. The van der Waals surface area contributed by atoms with Crippen LogP contribution in [0.3, 0.4) is 0 Å². The largest absolute Gasteiger partial charge is 0.339 e. The minimum absolute atomic E-state index is 0.172. The Balaban J connectivity index is 2.08. The van der Waals surface area contributed by atoms with Crippen molar-refractivity contribution in [3.63, 3.8) is 0 Å². The molecule has 0 bridgehead atoms. The van der Waals surface area contributed by atoms with E-state index in [2.05, 4.69) is 20.6 Å². The van der Waals surface area contributed by atoms with E-state index in [1.165, 1.54) is 4.68 Å². The number of carbonyl (C=O) groups is 1. The standard InChI is InChI=1S/C11H14ClN5O2/c1-4-8-14-11(19-16-8)6(2)13-10(18)9-7(12)5-17(3)15-9/h5-6H,4H2,1-3H3,(H,13,18)/t6-/m0/s1. The van der Waals surface area contributed by atoms with Crippen molar-refractivity contribution in [2.45, 2.75) is 26.3 Å². The number of hydrogen-bond donors (Lipinski definition) is 1. The van der Waals surface area contributed by atoms with Crippen LogP contribution < -0.4 is 5.32 Å². The summed E-state index contributed by atoms with van der Waals surface area (Å²) in [4.78, 5) is 16.1. The summed E-state index contributed by atoms with van der Waals surface area (Å²) in [5.74, 6) is 0.582. The Morgan fingerprint density at radius 3 is 2.89 bits per heavy atom. The summed E-state index contributed by atoms with van der Waals surface area (Å²) in [6, 6.07) is -0.404. The van der Waals surface area contributed by atoms with Crippen molar-refractivity contribution in [3.8, 4) is 0 Å². The predicted molar refractivity (Wildman–Crippen MR) is 67.8 cm³/mol. The molecule has 1 amide bonds. The maximum absolute atomic E-state index is 12.0. The lowest BCUT2D eigenvalue weighted by Crippen LogP contribution is -2.27. The number of hydrogen-bond acceptors (Lipinski definition) is 5. The second kappa shape index (κ2) is 5.40.